The highest BCUT2D eigenvalue weighted by molar-refractivity contribution is 5.94. The van der Waals surface area contributed by atoms with Crippen LogP contribution in [0.3, 0.4) is 0 Å². The van der Waals surface area contributed by atoms with Crippen LogP contribution in [0.15, 0.2) is 71.8 Å². The van der Waals surface area contributed by atoms with Gasteiger partial charge in [0.15, 0.2) is 12.4 Å². The van der Waals surface area contributed by atoms with Crippen molar-refractivity contribution < 1.29 is 68.1 Å². The van der Waals surface area contributed by atoms with Crippen LogP contribution in [0.5, 0.6) is 0 Å². The number of aliphatic hydroxyl groups excluding tert-OH is 2. The predicted molar refractivity (Wildman–Crippen MR) is 200 cm³/mol. The number of rotatable bonds is 11. The fraction of sp³-hybridized carbons (Fsp3) is 0.558. The summed E-state index contributed by atoms with van der Waals surface area (Å²) in [4.78, 5) is 68.1. The van der Waals surface area contributed by atoms with Crippen LogP contribution in [0.1, 0.15) is 89.1 Å². The quantitative estimate of drug-likeness (QED) is 0.146. The minimum Gasteiger partial charge on any atom is -0.455 e. The molecule has 4 N–H and O–H groups in total. The van der Waals surface area contributed by atoms with Gasteiger partial charge in [-0.2, -0.15) is 0 Å². The van der Waals surface area contributed by atoms with Gasteiger partial charge in [0.05, 0.1) is 29.8 Å². The first-order valence-electron chi connectivity index (χ1n) is 19.4. The number of ketones is 1. The van der Waals surface area contributed by atoms with Crippen LogP contribution in [-0.4, -0.2) is 111 Å². The average Bonchev–Trinajstić information content (AvgIpc) is 3.18. The molecule has 2 bridgehead atoms. The Bertz CT molecular complexity index is 1910. The Labute approximate surface area is 331 Å². The van der Waals surface area contributed by atoms with E-state index in [1.807, 2.05) is 0 Å². The zero-order valence-corrected chi connectivity index (χ0v) is 33.0. The summed E-state index contributed by atoms with van der Waals surface area (Å²) < 4.78 is 28.7. The lowest BCUT2D eigenvalue weighted by Crippen LogP contribution is -2.81. The van der Waals surface area contributed by atoms with Crippen molar-refractivity contribution in [3.63, 3.8) is 0 Å². The summed E-state index contributed by atoms with van der Waals surface area (Å²) in [5.41, 5.74) is -6.89. The van der Waals surface area contributed by atoms with Gasteiger partial charge in [-0.1, -0.05) is 76.2 Å². The molecule has 0 aromatic heterocycles. The molecule has 11 atom stereocenters. The monoisotopic (exact) mass is 792 g/mol. The molecule has 308 valence electrons. The SMILES string of the molecule is CCCC(=O)OCC(=O)O[C@@H](C(=O)O[C@H]1C[C@@]2(O)[C@@H](OC(=O)c3ccccc3)[C@@H]3[C@]4(O)CO[C@@H]4C[C@H](O)[C@@]3(C)C(=O)[C@H](O)C(=C1C)C2(C)C)[C@@H](C)c1ccccc1. The van der Waals surface area contributed by atoms with Crippen molar-refractivity contribution in [1.29, 1.82) is 0 Å². The van der Waals surface area contributed by atoms with E-state index in [9.17, 15) is 44.4 Å². The van der Waals surface area contributed by atoms with Crippen molar-refractivity contribution >= 4 is 29.7 Å². The lowest BCUT2D eigenvalue weighted by atomic mass is 9.44. The maximum absolute atomic E-state index is 14.8. The molecule has 0 radical (unpaired) electrons. The van der Waals surface area contributed by atoms with Crippen LogP contribution < -0.4 is 0 Å². The van der Waals surface area contributed by atoms with Crippen molar-refractivity contribution in [3.05, 3.63) is 82.9 Å². The maximum atomic E-state index is 14.8. The molecule has 14 heteroatoms. The molecule has 2 saturated carbocycles. The summed E-state index contributed by atoms with van der Waals surface area (Å²) in [7, 11) is 0. The van der Waals surface area contributed by atoms with E-state index in [-0.39, 0.29) is 36.2 Å². The molecule has 1 heterocycles. The Kier molecular flexibility index (Phi) is 11.6. The number of Topliss-reactive ketones (excluding diaryl/α,β-unsaturated/α-hetero) is 1. The van der Waals surface area contributed by atoms with Gasteiger partial charge in [-0.05, 0) is 49.1 Å². The largest absolute Gasteiger partial charge is 0.455 e. The number of fused-ring (bicyclic) bond motifs is 5. The van der Waals surface area contributed by atoms with E-state index in [2.05, 4.69) is 0 Å². The summed E-state index contributed by atoms with van der Waals surface area (Å²) in [5.74, 6) is -6.79. The van der Waals surface area contributed by atoms with Crippen LogP contribution in [-0.2, 0) is 42.9 Å². The standard InChI is InChI=1S/C43H52O14/c1-7-14-30(45)53-21-31(46)56-34(23(2)25-15-10-8-11-16-25)39(50)55-27-20-43(52)37(57-38(49)26-17-12-9-13-18-26)35-41(6,28(44)19-29-42(35,51)22-54-29)36(48)33(47)32(24(27)3)40(43,4)5/h8-13,15-18,23,27-29,33-35,37,44,47,51-52H,7,14,19-22H2,1-6H3/t23-,27-,28-,29+,33+,34+,35-,37-,41+,42-,43+/m0/s1. The van der Waals surface area contributed by atoms with E-state index in [1.165, 1.54) is 26.0 Å². The zero-order valence-electron chi connectivity index (χ0n) is 33.0. The lowest BCUT2D eigenvalue weighted by molar-refractivity contribution is -0.343. The first kappa shape index (κ1) is 42.1. The third-order valence-corrected chi connectivity index (χ3v) is 13.0. The third kappa shape index (κ3) is 7.09. The van der Waals surface area contributed by atoms with Crippen molar-refractivity contribution in [1.82, 2.24) is 0 Å². The van der Waals surface area contributed by atoms with Gasteiger partial charge in [0, 0.05) is 36.5 Å². The smallest absolute Gasteiger partial charge is 0.348 e. The Balaban J connectivity index is 1.44. The Morgan fingerprint density at radius 1 is 0.930 bits per heavy atom. The highest BCUT2D eigenvalue weighted by Crippen LogP contribution is 2.63. The Morgan fingerprint density at radius 3 is 2.16 bits per heavy atom. The second kappa shape index (κ2) is 15.7. The van der Waals surface area contributed by atoms with Gasteiger partial charge in [-0.15, -0.1) is 0 Å². The van der Waals surface area contributed by atoms with Gasteiger partial charge in [-0.25, -0.2) is 14.4 Å². The second-order valence-electron chi connectivity index (χ2n) is 16.6. The van der Waals surface area contributed by atoms with E-state index < -0.39 is 113 Å². The van der Waals surface area contributed by atoms with Crippen molar-refractivity contribution in [2.75, 3.05) is 13.2 Å². The fourth-order valence-corrected chi connectivity index (χ4v) is 9.46. The molecule has 57 heavy (non-hydrogen) atoms. The maximum Gasteiger partial charge on any atom is 0.348 e. The molecule has 1 saturated heterocycles. The van der Waals surface area contributed by atoms with Gasteiger partial charge < -0.3 is 44.1 Å². The highest BCUT2D eigenvalue weighted by atomic mass is 16.6. The molecule has 0 spiro atoms. The van der Waals surface area contributed by atoms with Gasteiger partial charge in [0.25, 0.3) is 0 Å². The first-order valence-corrected chi connectivity index (χ1v) is 19.4. The molecule has 0 unspecified atom stereocenters. The molecule has 4 aliphatic rings. The van der Waals surface area contributed by atoms with Gasteiger partial charge in [-0.3, -0.25) is 9.59 Å². The molecule has 1 aliphatic heterocycles. The van der Waals surface area contributed by atoms with Gasteiger partial charge >= 0.3 is 23.9 Å². The summed E-state index contributed by atoms with van der Waals surface area (Å²) >= 11 is 0. The van der Waals surface area contributed by atoms with E-state index in [0.29, 0.717) is 12.0 Å². The minimum absolute atomic E-state index is 0.0295. The molecule has 14 nitrogen and oxygen atoms in total. The zero-order chi connectivity index (χ0) is 41.7. The molecular weight excluding hydrogens is 740 g/mol. The van der Waals surface area contributed by atoms with Crippen LogP contribution in [0.25, 0.3) is 0 Å². The van der Waals surface area contributed by atoms with E-state index in [0.717, 1.165) is 0 Å². The van der Waals surface area contributed by atoms with Crippen molar-refractivity contribution in [2.45, 2.75) is 121 Å². The third-order valence-electron chi connectivity index (χ3n) is 13.0. The number of hydrogen-bond acceptors (Lipinski definition) is 14. The van der Waals surface area contributed by atoms with Gasteiger partial charge in [0.2, 0.25) is 6.10 Å². The predicted octanol–water partition coefficient (Wildman–Crippen LogP) is 3.12. The molecule has 3 aliphatic carbocycles. The van der Waals surface area contributed by atoms with E-state index in [4.69, 9.17) is 23.7 Å². The number of esters is 4. The highest BCUT2D eigenvalue weighted by Gasteiger charge is 2.76. The number of benzene rings is 2. The number of aliphatic hydroxyl groups is 4. The van der Waals surface area contributed by atoms with Crippen molar-refractivity contribution in [3.8, 4) is 0 Å². The second-order valence-corrected chi connectivity index (χ2v) is 16.6. The van der Waals surface area contributed by atoms with Crippen LogP contribution >= 0.6 is 0 Å². The molecular formula is C43H52O14. The van der Waals surface area contributed by atoms with E-state index >= 15 is 0 Å². The summed E-state index contributed by atoms with van der Waals surface area (Å²) in [6.45, 7) is 8.38. The number of carbonyl (C=O) groups excluding carboxylic acids is 5. The van der Waals surface area contributed by atoms with Crippen LogP contribution in [0.4, 0.5) is 0 Å². The minimum atomic E-state index is -2.30. The number of ether oxygens (including phenoxy) is 5. The molecule has 2 aromatic carbocycles. The lowest BCUT2D eigenvalue weighted by Gasteiger charge is -2.66. The van der Waals surface area contributed by atoms with Crippen LogP contribution in [0.2, 0.25) is 0 Å². The van der Waals surface area contributed by atoms with Gasteiger partial charge in [0.1, 0.15) is 29.5 Å². The fourth-order valence-electron chi connectivity index (χ4n) is 9.46. The number of carbonyl (C=O) groups is 5. The summed E-state index contributed by atoms with van der Waals surface area (Å²) in [6.07, 6.45) is -9.30. The molecule has 2 aromatic rings. The first-order chi connectivity index (χ1) is 26.8. The van der Waals surface area contributed by atoms with E-state index in [1.54, 1.807) is 76.2 Å². The Morgan fingerprint density at radius 2 is 1.56 bits per heavy atom. The normalized spacial score (nSPS) is 33.8. The Hall–Kier alpha value is -4.47. The van der Waals surface area contributed by atoms with Crippen LogP contribution in [0, 0.1) is 16.7 Å². The van der Waals surface area contributed by atoms with Crippen molar-refractivity contribution in [2.24, 2.45) is 16.7 Å². The topological polar surface area (TPSA) is 212 Å². The summed E-state index contributed by atoms with van der Waals surface area (Å²) in [5, 5.41) is 49.4. The number of hydrogen-bond donors (Lipinski definition) is 4. The summed E-state index contributed by atoms with van der Waals surface area (Å²) in [6, 6.07) is 16.6. The molecule has 3 fully saturated rings. The molecule has 0 amide bonds. The average molecular weight is 793 g/mol. The molecule has 6 rings (SSSR count).